The summed E-state index contributed by atoms with van der Waals surface area (Å²) in [5.41, 5.74) is 0.954. The van der Waals surface area contributed by atoms with Crippen LogP contribution >= 0.6 is 11.3 Å². The Kier molecular flexibility index (Phi) is 8.02. The highest BCUT2D eigenvalue weighted by Gasteiger charge is 2.30. The smallest absolute Gasteiger partial charge is 0.277 e. The van der Waals surface area contributed by atoms with E-state index in [0.29, 0.717) is 35.2 Å². The molecule has 2 aromatic heterocycles. The molecule has 1 aromatic carbocycles. The van der Waals surface area contributed by atoms with Crippen molar-refractivity contribution < 1.29 is 29.3 Å². The van der Waals surface area contributed by atoms with Crippen molar-refractivity contribution in [3.8, 4) is 16.3 Å². The second kappa shape index (κ2) is 11.2. The van der Waals surface area contributed by atoms with E-state index in [0.717, 1.165) is 17.7 Å². The Morgan fingerprint density at radius 1 is 1.24 bits per heavy atom. The van der Waals surface area contributed by atoms with E-state index in [4.69, 9.17) is 17.3 Å². The van der Waals surface area contributed by atoms with Gasteiger partial charge in [0.15, 0.2) is 30.9 Å². The minimum absolute atomic E-state index is 0.0782. The van der Waals surface area contributed by atoms with Crippen molar-refractivity contribution in [2.24, 2.45) is 5.92 Å². The number of ether oxygens (including phenoxy) is 2. The van der Waals surface area contributed by atoms with E-state index < -0.39 is 11.7 Å². The second-order valence-electron chi connectivity index (χ2n) is 8.22. The second-order valence-corrected chi connectivity index (χ2v) is 9.33. The molecule has 1 fully saturated rings. The van der Waals surface area contributed by atoms with Gasteiger partial charge in [-0.1, -0.05) is 6.07 Å². The first kappa shape index (κ1) is 26.5. The molecule has 5 N–H and O–H groups in total. The molecule has 0 spiro atoms. The molecule has 3 aromatic rings. The Hall–Kier alpha value is -3.59. The maximum Gasteiger partial charge on any atom is 0.277 e. The topological polar surface area (TPSA) is 168 Å². The van der Waals surface area contributed by atoms with Crippen molar-refractivity contribution in [1.82, 2.24) is 20.5 Å². The van der Waals surface area contributed by atoms with Crippen LogP contribution in [0.25, 0.3) is 10.6 Å². The number of nitrogens with zero attached hydrogens (tertiary/aromatic N) is 3. The van der Waals surface area contributed by atoms with Crippen LogP contribution in [0.4, 0.5) is 17.2 Å². The normalized spacial score (nSPS) is 13.2. The van der Waals surface area contributed by atoms with Crippen molar-refractivity contribution >= 4 is 48.2 Å². The molecule has 0 unspecified atom stereocenters. The maximum absolute atomic E-state index is 12.7. The van der Waals surface area contributed by atoms with E-state index >= 15 is 0 Å². The lowest BCUT2D eigenvalue weighted by molar-refractivity contribution is -0.117. The highest BCUT2D eigenvalue weighted by Crippen LogP contribution is 2.40. The highest BCUT2D eigenvalue weighted by atomic mass is 32.1. The maximum atomic E-state index is 12.7. The number of hydrogen-bond acceptors (Lipinski definition) is 11. The van der Waals surface area contributed by atoms with Gasteiger partial charge in [-0.15, -0.1) is 21.5 Å². The van der Waals surface area contributed by atoms with Crippen LogP contribution in [0.1, 0.15) is 35.1 Å². The summed E-state index contributed by atoms with van der Waals surface area (Å²) < 4.78 is 11.1. The third kappa shape index (κ3) is 6.80. The molecule has 1 aliphatic rings. The van der Waals surface area contributed by atoms with E-state index in [1.54, 1.807) is 23.6 Å². The van der Waals surface area contributed by atoms with Crippen LogP contribution < -0.4 is 20.7 Å². The summed E-state index contributed by atoms with van der Waals surface area (Å²) in [6.45, 7) is 2.95. The quantitative estimate of drug-likeness (QED) is 0.184. The van der Waals surface area contributed by atoms with Gasteiger partial charge in [-0.25, -0.2) is 4.98 Å². The fourth-order valence-electron chi connectivity index (χ4n) is 3.39. The molecule has 4 rings (SSSR count). The SMILES string of the molecule is [B]C(O)(O)NC(=O)c1nnc(NC(=O)C2CC2)cc1Nc1cccc(-c2ncc(COCC)s2)c1OC. The van der Waals surface area contributed by atoms with Gasteiger partial charge < -0.3 is 35.6 Å². The molecule has 0 saturated heterocycles. The number of thiazole rings is 1. The van der Waals surface area contributed by atoms with Gasteiger partial charge in [-0.2, -0.15) is 0 Å². The molecule has 0 aliphatic heterocycles. The van der Waals surface area contributed by atoms with Crippen LogP contribution in [0.15, 0.2) is 30.5 Å². The van der Waals surface area contributed by atoms with E-state index in [9.17, 15) is 19.8 Å². The molecule has 0 bridgehead atoms. The van der Waals surface area contributed by atoms with Crippen LogP contribution in [0, 0.1) is 5.92 Å². The molecule has 1 saturated carbocycles. The van der Waals surface area contributed by atoms with Crippen LogP contribution in [-0.4, -0.2) is 64.6 Å². The summed E-state index contributed by atoms with van der Waals surface area (Å²) >= 11 is 1.46. The molecule has 192 valence electrons. The number of aliphatic hydroxyl groups is 2. The first-order valence-corrected chi connectivity index (χ1v) is 12.2. The predicted octanol–water partition coefficient (Wildman–Crippen LogP) is 1.73. The first-order valence-electron chi connectivity index (χ1n) is 11.4. The number of para-hydroxylation sites is 1. The van der Waals surface area contributed by atoms with Gasteiger partial charge in [0.2, 0.25) is 5.91 Å². The fourth-order valence-corrected chi connectivity index (χ4v) is 4.26. The summed E-state index contributed by atoms with van der Waals surface area (Å²) in [6.07, 6.45) is 3.33. The Balaban J connectivity index is 1.69. The monoisotopic (exact) mass is 524 g/mol. The number of anilines is 3. The Bertz CT molecular complexity index is 1290. The number of rotatable bonds is 11. The molecular formula is C23H25BN6O6S. The molecular weight excluding hydrogens is 499 g/mol. The van der Waals surface area contributed by atoms with Crippen LogP contribution in [-0.2, 0) is 16.1 Å². The Morgan fingerprint density at radius 3 is 2.70 bits per heavy atom. The lowest BCUT2D eigenvalue weighted by atomic mass is 10.0. The number of benzene rings is 1. The van der Waals surface area contributed by atoms with Gasteiger partial charge in [0.25, 0.3) is 5.91 Å². The van der Waals surface area contributed by atoms with Gasteiger partial charge >= 0.3 is 0 Å². The third-order valence-corrected chi connectivity index (χ3v) is 6.23. The van der Waals surface area contributed by atoms with E-state index in [1.165, 1.54) is 24.5 Å². The van der Waals surface area contributed by atoms with Gasteiger partial charge in [-0.3, -0.25) is 9.59 Å². The minimum atomic E-state index is -2.98. The molecule has 2 amide bonds. The van der Waals surface area contributed by atoms with Gasteiger partial charge in [0.1, 0.15) is 5.01 Å². The predicted molar refractivity (Wildman–Crippen MR) is 136 cm³/mol. The van der Waals surface area contributed by atoms with E-state index in [-0.39, 0.29) is 29.0 Å². The summed E-state index contributed by atoms with van der Waals surface area (Å²) in [5.74, 6) is -3.72. The molecule has 12 nitrogen and oxygen atoms in total. The molecule has 2 heterocycles. The first-order chi connectivity index (χ1) is 17.7. The van der Waals surface area contributed by atoms with Crippen molar-refractivity contribution in [3.05, 3.63) is 41.0 Å². The number of nitrogens with one attached hydrogen (secondary N) is 3. The van der Waals surface area contributed by atoms with Crippen LogP contribution in [0.5, 0.6) is 5.75 Å². The number of aromatic nitrogens is 3. The van der Waals surface area contributed by atoms with E-state index in [1.807, 2.05) is 13.0 Å². The number of hydrogen-bond donors (Lipinski definition) is 5. The zero-order valence-corrected chi connectivity index (χ0v) is 21.0. The van der Waals surface area contributed by atoms with Crippen molar-refractivity contribution in [2.45, 2.75) is 32.2 Å². The van der Waals surface area contributed by atoms with Crippen LogP contribution in [0.2, 0.25) is 0 Å². The molecule has 2 radical (unpaired) electrons. The molecule has 1 aliphatic carbocycles. The molecule has 0 atom stereocenters. The lowest BCUT2D eigenvalue weighted by Crippen LogP contribution is -2.49. The molecule has 37 heavy (non-hydrogen) atoms. The summed E-state index contributed by atoms with van der Waals surface area (Å²) in [7, 11) is 6.59. The minimum Gasteiger partial charge on any atom is -0.494 e. The van der Waals surface area contributed by atoms with Crippen molar-refractivity contribution in [3.63, 3.8) is 0 Å². The summed E-state index contributed by atoms with van der Waals surface area (Å²) in [5, 5.41) is 34.8. The average Bonchev–Trinajstić information content (AvgIpc) is 3.60. The molecule has 14 heteroatoms. The number of carbonyl (C=O) groups excluding carboxylic acids is 2. The zero-order valence-electron chi connectivity index (χ0n) is 20.1. The highest BCUT2D eigenvalue weighted by molar-refractivity contribution is 7.15. The standard InChI is InChI=1S/C23H25BN6O6S/c1-3-36-11-13-10-25-22(37-13)14-5-4-6-15(19(14)35-2)26-16-9-17(27-20(31)12-7-8-12)29-30-18(16)21(32)28-23(24,33)34/h4-6,9-10,12,33-34H,3,7-8,11H2,1-2H3,(H,28,32)(H2,26,27,29,31). The van der Waals surface area contributed by atoms with Crippen LogP contribution in [0.3, 0.4) is 0 Å². The number of amides is 2. The summed E-state index contributed by atoms with van der Waals surface area (Å²) in [4.78, 5) is 30.3. The van der Waals surface area contributed by atoms with Crippen molar-refractivity contribution in [1.29, 1.82) is 0 Å². The van der Waals surface area contributed by atoms with Gasteiger partial charge in [0, 0.05) is 24.8 Å². The average molecular weight is 524 g/mol. The lowest BCUT2D eigenvalue weighted by Gasteiger charge is -2.20. The summed E-state index contributed by atoms with van der Waals surface area (Å²) in [6, 6.07) is 6.74. The van der Waals surface area contributed by atoms with Crippen molar-refractivity contribution in [2.75, 3.05) is 24.4 Å². The number of carbonyl (C=O) groups is 2. The zero-order chi connectivity index (χ0) is 26.6. The van der Waals surface area contributed by atoms with E-state index in [2.05, 4.69) is 25.8 Å². The Morgan fingerprint density at radius 2 is 2.03 bits per heavy atom. The largest absolute Gasteiger partial charge is 0.494 e. The third-order valence-electron chi connectivity index (χ3n) is 5.23. The van der Waals surface area contributed by atoms with Gasteiger partial charge in [-0.05, 0) is 31.9 Å². The number of methoxy groups -OCH3 is 1. The van der Waals surface area contributed by atoms with Gasteiger partial charge in [0.05, 0.1) is 35.5 Å². The fraction of sp³-hybridized carbons (Fsp3) is 0.348. The Labute approximate surface area is 217 Å².